The summed E-state index contributed by atoms with van der Waals surface area (Å²) in [4.78, 5) is 11.0. The highest BCUT2D eigenvalue weighted by atomic mass is 28.4. The Hall–Kier alpha value is 0.177. The molecule has 0 saturated carbocycles. The van der Waals surface area contributed by atoms with Crippen molar-refractivity contribution in [2.45, 2.75) is 83.8 Å². The summed E-state index contributed by atoms with van der Waals surface area (Å²) in [5, 5.41) is 0.244. The highest BCUT2D eigenvalue weighted by molar-refractivity contribution is 6.75. The van der Waals surface area contributed by atoms with Crippen LogP contribution in [-0.4, -0.2) is 13.1 Å². The van der Waals surface area contributed by atoms with E-state index in [9.17, 15) is 4.80 Å². The lowest BCUT2D eigenvalue weighted by Crippen LogP contribution is -2.46. The maximum atomic E-state index is 11.0. The zero-order valence-corrected chi connectivity index (χ0v) is 12.4. The first-order valence-corrected chi connectivity index (χ1v) is 9.08. The third-order valence-corrected chi connectivity index (χ3v) is 9.54. The van der Waals surface area contributed by atoms with Crippen LogP contribution in [0.2, 0.25) is 17.1 Å². The van der Waals surface area contributed by atoms with E-state index in [1.807, 2.05) is 0 Å². The fraction of sp³-hybridized carbons (Fsp3) is 1.00. The Morgan fingerprint density at radius 3 is 1.67 bits per heavy atom. The summed E-state index contributed by atoms with van der Waals surface area (Å²) in [7, 11) is -2.02. The minimum Gasteiger partial charge on any atom is -0.431 e. The van der Waals surface area contributed by atoms with Gasteiger partial charge in [0.25, 0.3) is 0 Å². The van der Waals surface area contributed by atoms with Gasteiger partial charge in [-0.2, -0.15) is 0 Å². The lowest BCUT2D eigenvalue weighted by atomic mass is 10.0. The molecule has 0 fully saturated rings. The van der Waals surface area contributed by atoms with Crippen molar-refractivity contribution < 1.29 is 4.80 Å². The second-order valence-electron chi connectivity index (χ2n) is 5.20. The van der Waals surface area contributed by atoms with E-state index >= 15 is 0 Å². The van der Waals surface area contributed by atoms with E-state index in [2.05, 4.69) is 34.6 Å². The van der Waals surface area contributed by atoms with Gasteiger partial charge in [-0.15, -0.1) is 0 Å². The van der Waals surface area contributed by atoms with Crippen molar-refractivity contribution in [3.05, 3.63) is 0 Å². The lowest BCUT2D eigenvalue weighted by Gasteiger charge is -2.43. The van der Waals surface area contributed by atoms with Crippen LogP contribution in [-0.2, 0) is 0 Å². The van der Waals surface area contributed by atoms with Crippen molar-refractivity contribution in [1.29, 1.82) is 0 Å². The lowest BCUT2D eigenvalue weighted by molar-refractivity contribution is 0.396. The summed E-state index contributed by atoms with van der Waals surface area (Å²) in [6, 6.07) is 2.18. The van der Waals surface area contributed by atoms with Crippen LogP contribution in [0.15, 0.2) is 0 Å². The topological polar surface area (TPSA) is 20.2 Å². The molecule has 0 aliphatic rings. The first-order chi connectivity index (χ1) is 6.99. The second-order valence-corrected chi connectivity index (χ2v) is 9.47. The van der Waals surface area contributed by atoms with Gasteiger partial charge < -0.3 is 4.80 Å². The van der Waals surface area contributed by atoms with Gasteiger partial charge in [0, 0.05) is 0 Å². The van der Waals surface area contributed by atoms with Gasteiger partial charge in [0.1, 0.15) is 0 Å². The van der Waals surface area contributed by atoms with Crippen LogP contribution in [0.1, 0.15) is 66.7 Å². The maximum absolute atomic E-state index is 11.0. The second kappa shape index (κ2) is 6.69. The van der Waals surface area contributed by atoms with E-state index in [1.54, 1.807) is 0 Å². The van der Waals surface area contributed by atoms with Gasteiger partial charge in [0.05, 0.1) is 0 Å². The predicted octanol–water partition coefficient (Wildman–Crippen LogP) is 4.71. The zero-order valence-electron chi connectivity index (χ0n) is 11.4. The van der Waals surface area contributed by atoms with Crippen molar-refractivity contribution >= 4 is 8.32 Å². The van der Waals surface area contributed by atoms with Crippen LogP contribution in [0.5, 0.6) is 0 Å². The van der Waals surface area contributed by atoms with Gasteiger partial charge in [-0.05, 0) is 23.5 Å². The highest BCUT2D eigenvalue weighted by Crippen LogP contribution is 2.48. The van der Waals surface area contributed by atoms with Gasteiger partial charge in [-0.3, -0.25) is 0 Å². The van der Waals surface area contributed by atoms with E-state index in [-0.39, 0.29) is 5.04 Å². The fourth-order valence-corrected chi connectivity index (χ4v) is 7.33. The average molecular weight is 230 g/mol. The molecule has 0 bridgehead atoms. The van der Waals surface area contributed by atoms with Crippen molar-refractivity contribution in [3.8, 4) is 0 Å². The van der Waals surface area contributed by atoms with E-state index in [4.69, 9.17) is 0 Å². The summed E-state index contributed by atoms with van der Waals surface area (Å²) >= 11 is 0. The van der Waals surface area contributed by atoms with E-state index in [1.165, 1.54) is 12.8 Å². The Balaban J connectivity index is 4.81. The first-order valence-electron chi connectivity index (χ1n) is 6.72. The number of rotatable bonds is 8. The third kappa shape index (κ3) is 3.60. The molecule has 0 aromatic carbocycles. The highest BCUT2D eigenvalue weighted by Gasteiger charge is 2.46. The van der Waals surface area contributed by atoms with Crippen molar-refractivity contribution in [2.24, 2.45) is 0 Å². The van der Waals surface area contributed by atoms with Crippen molar-refractivity contribution in [1.82, 2.24) is 0 Å². The van der Waals surface area contributed by atoms with E-state index in [0.717, 1.165) is 31.4 Å². The molecular weight excluding hydrogens is 200 g/mol. The van der Waals surface area contributed by atoms with E-state index in [0.29, 0.717) is 0 Å². The molecule has 0 amide bonds. The van der Waals surface area contributed by atoms with Crippen LogP contribution in [0.3, 0.4) is 0 Å². The predicted molar refractivity (Wildman–Crippen MR) is 71.7 cm³/mol. The molecule has 15 heavy (non-hydrogen) atoms. The summed E-state index contributed by atoms with van der Waals surface area (Å²) < 4.78 is 0. The minimum absolute atomic E-state index is 0.244. The molecule has 0 aromatic rings. The molecule has 1 nitrogen and oxygen atoms in total. The van der Waals surface area contributed by atoms with Crippen LogP contribution in [0.25, 0.3) is 0 Å². The molecule has 92 valence electrons. The minimum atomic E-state index is -2.02. The molecule has 0 aromatic heterocycles. The normalized spacial score (nSPS) is 16.4. The largest absolute Gasteiger partial charge is 0.431 e. The first kappa shape index (κ1) is 15.2. The molecule has 2 heteroatoms. The number of hydrogen-bond donors (Lipinski definition) is 1. The third-order valence-electron chi connectivity index (χ3n) is 4.03. The maximum Gasteiger partial charge on any atom is 0.194 e. The monoisotopic (exact) mass is 230 g/mol. The fourth-order valence-electron chi connectivity index (χ4n) is 2.85. The Morgan fingerprint density at radius 1 is 0.933 bits per heavy atom. The summed E-state index contributed by atoms with van der Waals surface area (Å²) in [6.07, 6.45) is 5.83. The Kier molecular flexibility index (Phi) is 6.77. The molecule has 0 saturated heterocycles. The molecule has 0 aliphatic heterocycles. The van der Waals surface area contributed by atoms with Gasteiger partial charge in [0.15, 0.2) is 8.32 Å². The van der Waals surface area contributed by atoms with Crippen molar-refractivity contribution in [2.75, 3.05) is 0 Å². The van der Waals surface area contributed by atoms with Crippen LogP contribution in [0.4, 0.5) is 0 Å². The molecular formula is C13H30OSi. The SMILES string of the molecule is CCC[C@](C)(CC)[Si](O)(CCC)CCC. The van der Waals surface area contributed by atoms with Crippen LogP contribution in [0, 0.1) is 0 Å². The molecule has 1 atom stereocenters. The van der Waals surface area contributed by atoms with Crippen LogP contribution >= 0.6 is 0 Å². The molecule has 0 aliphatic carbocycles. The Bertz CT molecular complexity index is 164. The van der Waals surface area contributed by atoms with Gasteiger partial charge in [0.2, 0.25) is 0 Å². The summed E-state index contributed by atoms with van der Waals surface area (Å²) in [5.74, 6) is 0. The molecule has 0 unspecified atom stereocenters. The smallest absolute Gasteiger partial charge is 0.194 e. The van der Waals surface area contributed by atoms with Gasteiger partial charge in [-0.25, -0.2) is 0 Å². The number of hydrogen-bond acceptors (Lipinski definition) is 1. The molecule has 0 spiro atoms. The standard InChI is InChI=1S/C13H30OSi/c1-6-10-13(5,9-4)15(14,11-7-2)12-8-3/h14H,6-12H2,1-5H3/t13-/m0/s1. The molecule has 0 heterocycles. The van der Waals surface area contributed by atoms with Gasteiger partial charge in [-0.1, -0.05) is 60.3 Å². The molecule has 1 N–H and O–H groups in total. The Morgan fingerprint density at radius 2 is 1.40 bits per heavy atom. The summed E-state index contributed by atoms with van der Waals surface area (Å²) in [5.41, 5.74) is 0. The summed E-state index contributed by atoms with van der Waals surface area (Å²) in [6.45, 7) is 11.2. The quantitative estimate of drug-likeness (QED) is 0.599. The van der Waals surface area contributed by atoms with Crippen LogP contribution < -0.4 is 0 Å². The van der Waals surface area contributed by atoms with Crippen molar-refractivity contribution in [3.63, 3.8) is 0 Å². The molecule has 0 rings (SSSR count). The van der Waals surface area contributed by atoms with Gasteiger partial charge >= 0.3 is 0 Å². The zero-order chi connectivity index (χ0) is 11.9. The average Bonchev–Trinajstić information content (AvgIpc) is 2.18. The molecule has 0 radical (unpaired) electrons. The van der Waals surface area contributed by atoms with E-state index < -0.39 is 8.32 Å². The Labute approximate surface area is 97.4 Å².